The highest BCUT2D eigenvalue weighted by molar-refractivity contribution is 5.93. The summed E-state index contributed by atoms with van der Waals surface area (Å²) in [5.74, 6) is -1.53. The van der Waals surface area contributed by atoms with Gasteiger partial charge in [0.1, 0.15) is 23.7 Å². The fraction of sp³-hybridized carbons (Fsp3) is 0.800. The number of hydrogen-bond donors (Lipinski definition) is 1. The fourth-order valence-electron chi connectivity index (χ4n) is 4.52. The molecule has 0 radical (unpaired) electrons. The lowest BCUT2D eigenvalue weighted by Gasteiger charge is -2.34. The molecule has 162 valence electrons. The van der Waals surface area contributed by atoms with Crippen molar-refractivity contribution in [2.24, 2.45) is 0 Å². The van der Waals surface area contributed by atoms with Crippen LogP contribution in [0.3, 0.4) is 0 Å². The Balaban J connectivity index is 1.71. The average Bonchev–Trinajstić information content (AvgIpc) is 3.38. The SMILES string of the molecule is CC(C)(C)OC(=O)N1CCC[C@@H]1C(=O)N1CCC[C@H]1C(=O)N1CCC[C@H]1C(=O)O. The summed E-state index contributed by atoms with van der Waals surface area (Å²) in [5.41, 5.74) is -0.652. The van der Waals surface area contributed by atoms with Crippen molar-refractivity contribution in [1.82, 2.24) is 14.7 Å². The highest BCUT2D eigenvalue weighted by Crippen LogP contribution is 2.29. The molecule has 3 fully saturated rings. The van der Waals surface area contributed by atoms with Crippen molar-refractivity contribution in [3.05, 3.63) is 0 Å². The molecule has 0 aliphatic carbocycles. The number of carboxylic acids is 1. The van der Waals surface area contributed by atoms with Gasteiger partial charge in [-0.15, -0.1) is 0 Å². The quantitative estimate of drug-likeness (QED) is 0.756. The van der Waals surface area contributed by atoms with E-state index in [9.17, 15) is 24.3 Å². The van der Waals surface area contributed by atoms with Gasteiger partial charge in [-0.2, -0.15) is 0 Å². The van der Waals surface area contributed by atoms with Gasteiger partial charge in [0.05, 0.1) is 0 Å². The highest BCUT2D eigenvalue weighted by Gasteiger charge is 2.46. The van der Waals surface area contributed by atoms with Gasteiger partial charge in [-0.25, -0.2) is 9.59 Å². The molecule has 0 aromatic carbocycles. The number of ether oxygens (including phenoxy) is 1. The molecule has 0 unspecified atom stereocenters. The molecule has 3 heterocycles. The lowest BCUT2D eigenvalue weighted by molar-refractivity contribution is -0.152. The Kier molecular flexibility index (Phi) is 6.05. The molecule has 0 saturated carbocycles. The Morgan fingerprint density at radius 3 is 1.66 bits per heavy atom. The number of nitrogens with zero attached hydrogens (tertiary/aromatic N) is 3. The van der Waals surface area contributed by atoms with Crippen LogP contribution in [0.1, 0.15) is 59.3 Å². The first-order valence-electron chi connectivity index (χ1n) is 10.4. The predicted molar refractivity (Wildman–Crippen MR) is 103 cm³/mol. The van der Waals surface area contributed by atoms with E-state index in [0.29, 0.717) is 58.2 Å². The molecule has 1 N–H and O–H groups in total. The second-order valence-corrected chi connectivity index (χ2v) is 9.05. The van der Waals surface area contributed by atoms with E-state index in [0.717, 1.165) is 0 Å². The standard InChI is InChI=1S/C20H31N3O6/c1-20(2,3)29-19(28)23-12-5-8-14(23)17(25)21-10-4-7-13(21)16(24)22-11-6-9-15(22)18(26)27/h13-15H,4-12H2,1-3H3,(H,26,27)/t13-,14+,15-/m0/s1. The minimum atomic E-state index is -1.00. The smallest absolute Gasteiger partial charge is 0.410 e. The number of hydrogen-bond acceptors (Lipinski definition) is 5. The van der Waals surface area contributed by atoms with Gasteiger partial charge in [-0.05, 0) is 59.3 Å². The number of aliphatic carboxylic acids is 1. The average molecular weight is 409 g/mol. The Morgan fingerprint density at radius 1 is 0.759 bits per heavy atom. The van der Waals surface area contributed by atoms with Gasteiger partial charge < -0.3 is 19.6 Å². The zero-order valence-corrected chi connectivity index (χ0v) is 17.4. The summed E-state index contributed by atoms with van der Waals surface area (Å²) in [6.07, 6.45) is 3.03. The topological polar surface area (TPSA) is 107 Å². The third kappa shape index (κ3) is 4.48. The molecule has 0 aromatic rings. The van der Waals surface area contributed by atoms with Gasteiger partial charge in [0.25, 0.3) is 0 Å². The summed E-state index contributed by atoms with van der Waals surface area (Å²) in [7, 11) is 0. The van der Waals surface area contributed by atoms with Crippen LogP contribution >= 0.6 is 0 Å². The molecule has 3 amide bonds. The van der Waals surface area contributed by atoms with Crippen LogP contribution in [0.4, 0.5) is 4.79 Å². The first-order valence-corrected chi connectivity index (χ1v) is 10.4. The molecular weight excluding hydrogens is 378 g/mol. The zero-order valence-electron chi connectivity index (χ0n) is 17.4. The van der Waals surface area contributed by atoms with Gasteiger partial charge in [-0.1, -0.05) is 0 Å². The minimum absolute atomic E-state index is 0.240. The lowest BCUT2D eigenvalue weighted by Crippen LogP contribution is -2.55. The molecule has 0 spiro atoms. The van der Waals surface area contributed by atoms with E-state index in [1.165, 1.54) is 9.80 Å². The number of carbonyl (C=O) groups is 4. The van der Waals surface area contributed by atoms with E-state index in [-0.39, 0.29) is 11.8 Å². The van der Waals surface area contributed by atoms with E-state index < -0.39 is 35.8 Å². The van der Waals surface area contributed by atoms with Crippen molar-refractivity contribution in [1.29, 1.82) is 0 Å². The van der Waals surface area contributed by atoms with Crippen LogP contribution in [0.5, 0.6) is 0 Å². The Labute approximate surface area is 170 Å². The summed E-state index contributed by atoms with van der Waals surface area (Å²) in [6.45, 7) is 6.64. The predicted octanol–water partition coefficient (Wildman–Crippen LogP) is 1.45. The van der Waals surface area contributed by atoms with Gasteiger partial charge in [0, 0.05) is 19.6 Å². The molecule has 9 nitrogen and oxygen atoms in total. The zero-order chi connectivity index (χ0) is 21.3. The number of likely N-dealkylation sites (tertiary alicyclic amines) is 3. The van der Waals surface area contributed by atoms with Crippen LogP contribution in [0.15, 0.2) is 0 Å². The number of carbonyl (C=O) groups excluding carboxylic acids is 3. The summed E-state index contributed by atoms with van der Waals surface area (Å²) in [6, 6.07) is -2.10. The number of carboxylic acid groups (broad SMARTS) is 1. The van der Waals surface area contributed by atoms with Crippen molar-refractivity contribution in [2.45, 2.75) is 83.0 Å². The summed E-state index contributed by atoms with van der Waals surface area (Å²) in [5, 5.41) is 9.38. The van der Waals surface area contributed by atoms with Crippen molar-refractivity contribution in [3.8, 4) is 0 Å². The van der Waals surface area contributed by atoms with E-state index in [1.54, 1.807) is 25.7 Å². The fourth-order valence-corrected chi connectivity index (χ4v) is 4.52. The normalized spacial score (nSPS) is 27.4. The van der Waals surface area contributed by atoms with Crippen molar-refractivity contribution < 1.29 is 29.0 Å². The monoisotopic (exact) mass is 409 g/mol. The maximum atomic E-state index is 13.3. The third-order valence-electron chi connectivity index (χ3n) is 5.81. The van der Waals surface area contributed by atoms with Crippen LogP contribution < -0.4 is 0 Å². The molecule has 3 aliphatic rings. The third-order valence-corrected chi connectivity index (χ3v) is 5.81. The van der Waals surface area contributed by atoms with Gasteiger partial charge in [0.2, 0.25) is 11.8 Å². The van der Waals surface area contributed by atoms with Gasteiger partial charge >= 0.3 is 12.1 Å². The highest BCUT2D eigenvalue weighted by atomic mass is 16.6. The number of amides is 3. The maximum Gasteiger partial charge on any atom is 0.410 e. The second kappa shape index (κ2) is 8.20. The summed E-state index contributed by atoms with van der Waals surface area (Å²) < 4.78 is 5.44. The Bertz CT molecular complexity index is 688. The molecule has 0 aromatic heterocycles. The van der Waals surface area contributed by atoms with Crippen molar-refractivity contribution in [3.63, 3.8) is 0 Å². The molecule has 29 heavy (non-hydrogen) atoms. The van der Waals surface area contributed by atoms with E-state index in [4.69, 9.17) is 4.74 Å². The molecule has 3 atom stereocenters. The largest absolute Gasteiger partial charge is 0.480 e. The Morgan fingerprint density at radius 2 is 1.17 bits per heavy atom. The van der Waals surface area contributed by atoms with Crippen LogP contribution in [-0.2, 0) is 19.1 Å². The second-order valence-electron chi connectivity index (χ2n) is 9.05. The molecule has 3 rings (SSSR count). The van der Waals surface area contributed by atoms with E-state index >= 15 is 0 Å². The first kappa shape index (κ1) is 21.4. The summed E-state index contributed by atoms with van der Waals surface area (Å²) >= 11 is 0. The van der Waals surface area contributed by atoms with Crippen molar-refractivity contribution in [2.75, 3.05) is 19.6 Å². The van der Waals surface area contributed by atoms with Crippen LogP contribution in [0.25, 0.3) is 0 Å². The first-order chi connectivity index (χ1) is 13.6. The molecule has 3 saturated heterocycles. The molecule has 9 heteroatoms. The maximum absolute atomic E-state index is 13.3. The molecular formula is C20H31N3O6. The summed E-state index contributed by atoms with van der Waals surface area (Å²) in [4.78, 5) is 54.7. The van der Waals surface area contributed by atoms with Gasteiger partial charge in [0.15, 0.2) is 0 Å². The molecule has 3 aliphatic heterocycles. The van der Waals surface area contributed by atoms with E-state index in [2.05, 4.69) is 0 Å². The van der Waals surface area contributed by atoms with Crippen molar-refractivity contribution >= 4 is 23.9 Å². The van der Waals surface area contributed by atoms with Crippen LogP contribution in [-0.4, -0.2) is 87.0 Å². The van der Waals surface area contributed by atoms with Gasteiger partial charge in [-0.3, -0.25) is 14.5 Å². The minimum Gasteiger partial charge on any atom is -0.480 e. The number of rotatable bonds is 3. The molecule has 0 bridgehead atoms. The Hall–Kier alpha value is -2.32. The van der Waals surface area contributed by atoms with Crippen LogP contribution in [0, 0.1) is 0 Å². The van der Waals surface area contributed by atoms with E-state index in [1.807, 2.05) is 0 Å². The van der Waals surface area contributed by atoms with Crippen LogP contribution in [0.2, 0.25) is 0 Å². The lowest BCUT2D eigenvalue weighted by atomic mass is 10.1.